The number of aromatic hydroxyl groups is 2. The normalized spacial score (nSPS) is 25.0. The summed E-state index contributed by atoms with van der Waals surface area (Å²) >= 11 is 0. The van der Waals surface area contributed by atoms with Gasteiger partial charge in [-0.15, -0.1) is 0 Å². The molecule has 0 spiro atoms. The van der Waals surface area contributed by atoms with Crippen LogP contribution in [0.5, 0.6) is 17.2 Å². The van der Waals surface area contributed by atoms with E-state index in [1.165, 1.54) is 36.4 Å². The predicted molar refractivity (Wildman–Crippen MR) is 111 cm³/mol. The van der Waals surface area contributed by atoms with E-state index >= 15 is 0 Å². The lowest BCUT2D eigenvalue weighted by molar-refractivity contribution is -0.271. The molecule has 0 unspecified atom stereocenters. The Hall–Kier alpha value is -3.64. The smallest absolute Gasteiger partial charge is 0.337 e. The summed E-state index contributed by atoms with van der Waals surface area (Å²) in [6, 6.07) is 9.40. The summed E-state index contributed by atoms with van der Waals surface area (Å²) in [5.41, 5.74) is -0.0585. The molecule has 0 saturated carbocycles. The maximum absolute atomic E-state index is 12.4. The molecule has 2 heterocycles. The fraction of sp³-hybridized carbons (Fsp3) is 0.273. The Balaban J connectivity index is 1.58. The van der Waals surface area contributed by atoms with Crippen LogP contribution in [0.1, 0.15) is 0 Å². The van der Waals surface area contributed by atoms with Gasteiger partial charge < -0.3 is 44.2 Å². The van der Waals surface area contributed by atoms with Gasteiger partial charge in [-0.2, -0.15) is 0 Å². The van der Waals surface area contributed by atoms with E-state index in [9.17, 15) is 35.1 Å². The number of hydrogen-bond donors (Lipinski definition) is 5. The van der Waals surface area contributed by atoms with Crippen molar-refractivity contribution in [1.29, 1.82) is 0 Å². The molecule has 0 amide bonds. The van der Waals surface area contributed by atoms with Crippen LogP contribution in [-0.4, -0.2) is 69.3 Å². The zero-order chi connectivity index (χ0) is 23.9. The maximum Gasteiger partial charge on any atom is 0.337 e. The van der Waals surface area contributed by atoms with Crippen LogP contribution >= 0.6 is 0 Å². The number of rotatable bonds is 4. The highest BCUT2D eigenvalue weighted by Gasteiger charge is 2.48. The van der Waals surface area contributed by atoms with Gasteiger partial charge in [-0.1, -0.05) is 0 Å². The lowest BCUT2D eigenvalue weighted by Crippen LogP contribution is -2.61. The summed E-state index contributed by atoms with van der Waals surface area (Å²) in [7, 11) is 1.08. The Bertz CT molecular complexity index is 1230. The van der Waals surface area contributed by atoms with Gasteiger partial charge in [-0.3, -0.25) is 4.79 Å². The highest BCUT2D eigenvalue weighted by Crippen LogP contribution is 2.31. The number of carbonyl (C=O) groups excluding carboxylic acids is 1. The molecule has 4 rings (SSSR count). The van der Waals surface area contributed by atoms with Crippen molar-refractivity contribution in [2.45, 2.75) is 30.7 Å². The molecule has 1 aromatic heterocycles. The third-order valence-electron chi connectivity index (χ3n) is 5.19. The van der Waals surface area contributed by atoms with Crippen molar-refractivity contribution in [3.8, 4) is 28.6 Å². The molecule has 174 valence electrons. The fourth-order valence-electron chi connectivity index (χ4n) is 3.48. The second kappa shape index (κ2) is 8.71. The summed E-state index contributed by atoms with van der Waals surface area (Å²) in [5.74, 6) is -1.29. The minimum atomic E-state index is -1.72. The Labute approximate surface area is 185 Å². The van der Waals surface area contributed by atoms with E-state index in [4.69, 9.17) is 13.9 Å². The molecular formula is C22H20O11. The largest absolute Gasteiger partial charge is 0.508 e. The molecule has 1 saturated heterocycles. The first-order chi connectivity index (χ1) is 15.7. The van der Waals surface area contributed by atoms with Crippen molar-refractivity contribution in [1.82, 2.24) is 0 Å². The van der Waals surface area contributed by atoms with Crippen molar-refractivity contribution in [3.05, 3.63) is 52.7 Å². The van der Waals surface area contributed by atoms with Gasteiger partial charge in [0.25, 0.3) is 0 Å². The van der Waals surface area contributed by atoms with E-state index in [1.807, 2.05) is 0 Å². The standard InChI is InChI=1S/C22H20O11/c1-30-21(29)20-18(27)17(26)19(28)22(33-20)31-11-4-2-9(3-5-11)14-8-13(25)16-12(24)6-10(23)7-15(16)32-14/h2-8,17-20,22-24,26-28H,1H3/t17-,18-,19+,20-,22+/m0/s1. The van der Waals surface area contributed by atoms with Crippen LogP contribution in [0, 0.1) is 0 Å². The molecule has 1 fully saturated rings. The number of benzene rings is 2. The molecule has 11 nitrogen and oxygen atoms in total. The number of methoxy groups -OCH3 is 1. The molecule has 2 aromatic carbocycles. The van der Waals surface area contributed by atoms with Crippen molar-refractivity contribution in [2.75, 3.05) is 7.11 Å². The summed E-state index contributed by atoms with van der Waals surface area (Å²) < 4.78 is 21.0. The Morgan fingerprint density at radius 3 is 2.33 bits per heavy atom. The number of ether oxygens (including phenoxy) is 3. The van der Waals surface area contributed by atoms with Crippen LogP contribution in [0.25, 0.3) is 22.3 Å². The van der Waals surface area contributed by atoms with E-state index in [0.29, 0.717) is 5.56 Å². The molecule has 33 heavy (non-hydrogen) atoms. The number of carbonyl (C=O) groups is 1. The van der Waals surface area contributed by atoms with Gasteiger partial charge in [0.2, 0.25) is 6.29 Å². The summed E-state index contributed by atoms with van der Waals surface area (Å²) in [5, 5.41) is 49.5. The first kappa shape index (κ1) is 22.6. The van der Waals surface area contributed by atoms with Gasteiger partial charge >= 0.3 is 5.97 Å². The molecular weight excluding hydrogens is 440 g/mol. The number of aliphatic hydroxyl groups is 3. The molecule has 0 bridgehead atoms. The number of phenols is 2. The van der Waals surface area contributed by atoms with E-state index in [-0.39, 0.29) is 28.2 Å². The van der Waals surface area contributed by atoms with Gasteiger partial charge in [-0.05, 0) is 24.3 Å². The molecule has 1 aliphatic rings. The number of hydrogen-bond acceptors (Lipinski definition) is 11. The molecule has 3 aromatic rings. The molecule has 11 heteroatoms. The summed E-state index contributed by atoms with van der Waals surface area (Å²) in [6.07, 6.45) is -8.11. The highest BCUT2D eigenvalue weighted by molar-refractivity contribution is 5.86. The van der Waals surface area contributed by atoms with E-state index < -0.39 is 47.9 Å². The van der Waals surface area contributed by atoms with Crippen molar-refractivity contribution < 1.29 is 49.0 Å². The van der Waals surface area contributed by atoms with Crippen LogP contribution in [0.3, 0.4) is 0 Å². The highest BCUT2D eigenvalue weighted by atomic mass is 16.7. The van der Waals surface area contributed by atoms with Crippen LogP contribution in [0.4, 0.5) is 0 Å². The number of esters is 1. The minimum absolute atomic E-state index is 0.00421. The Morgan fingerprint density at radius 1 is 0.970 bits per heavy atom. The van der Waals surface area contributed by atoms with E-state index in [0.717, 1.165) is 13.2 Å². The minimum Gasteiger partial charge on any atom is -0.508 e. The molecule has 5 atom stereocenters. The zero-order valence-corrected chi connectivity index (χ0v) is 17.1. The molecule has 0 radical (unpaired) electrons. The van der Waals surface area contributed by atoms with Gasteiger partial charge in [-0.25, -0.2) is 4.79 Å². The average molecular weight is 460 g/mol. The number of fused-ring (bicyclic) bond motifs is 1. The monoisotopic (exact) mass is 460 g/mol. The van der Waals surface area contributed by atoms with Gasteiger partial charge in [0, 0.05) is 23.8 Å². The van der Waals surface area contributed by atoms with Gasteiger partial charge in [0.1, 0.15) is 52.3 Å². The van der Waals surface area contributed by atoms with Crippen LogP contribution in [-0.2, 0) is 14.3 Å². The van der Waals surface area contributed by atoms with Gasteiger partial charge in [0.15, 0.2) is 11.5 Å². The molecule has 1 aliphatic heterocycles. The fourth-order valence-corrected chi connectivity index (χ4v) is 3.48. The van der Waals surface area contributed by atoms with Crippen molar-refractivity contribution in [2.24, 2.45) is 0 Å². The average Bonchev–Trinajstić information content (AvgIpc) is 2.78. The third kappa shape index (κ3) is 4.22. The topological polar surface area (TPSA) is 176 Å². The second-order valence-electron chi connectivity index (χ2n) is 7.38. The zero-order valence-electron chi connectivity index (χ0n) is 17.1. The first-order valence-corrected chi connectivity index (χ1v) is 9.74. The van der Waals surface area contributed by atoms with Crippen LogP contribution in [0.2, 0.25) is 0 Å². The number of phenolic OH excluding ortho intramolecular Hbond substituents is 2. The first-order valence-electron chi connectivity index (χ1n) is 9.74. The SMILES string of the molecule is COC(=O)[C@H]1O[C@@H](Oc2ccc(-c3cc(=O)c4c(O)cc(O)cc4o3)cc2)[C@H](O)[C@@H](O)[C@@H]1O. The van der Waals surface area contributed by atoms with Crippen molar-refractivity contribution in [3.63, 3.8) is 0 Å². The van der Waals surface area contributed by atoms with E-state index in [2.05, 4.69) is 4.74 Å². The Kier molecular flexibility index (Phi) is 5.95. The lowest BCUT2D eigenvalue weighted by atomic mass is 9.99. The molecule has 0 aliphatic carbocycles. The maximum atomic E-state index is 12.4. The molecule has 5 N–H and O–H groups in total. The van der Waals surface area contributed by atoms with E-state index in [1.54, 1.807) is 0 Å². The quantitative estimate of drug-likeness (QED) is 0.337. The van der Waals surface area contributed by atoms with Gasteiger partial charge in [0.05, 0.1) is 7.11 Å². The van der Waals surface area contributed by atoms with Crippen LogP contribution < -0.4 is 10.2 Å². The lowest BCUT2D eigenvalue weighted by Gasteiger charge is -2.38. The Morgan fingerprint density at radius 2 is 1.67 bits per heavy atom. The van der Waals surface area contributed by atoms with Crippen molar-refractivity contribution >= 4 is 16.9 Å². The summed E-state index contributed by atoms with van der Waals surface area (Å²) in [6.45, 7) is 0. The third-order valence-corrected chi connectivity index (χ3v) is 5.19. The second-order valence-corrected chi connectivity index (χ2v) is 7.38. The van der Waals surface area contributed by atoms with Crippen LogP contribution in [0.15, 0.2) is 51.7 Å². The number of aliphatic hydroxyl groups excluding tert-OH is 3. The predicted octanol–water partition coefficient (Wildman–Crippen LogP) is 0.231. The summed E-state index contributed by atoms with van der Waals surface area (Å²) in [4.78, 5) is 24.2.